The van der Waals surface area contributed by atoms with Crippen LogP contribution in [0.5, 0.6) is 17.2 Å². The number of hydrogen-bond acceptors (Lipinski definition) is 7. The molecule has 174 valence electrons. The van der Waals surface area contributed by atoms with Crippen LogP contribution in [0.2, 0.25) is 0 Å². The molecule has 0 saturated heterocycles. The van der Waals surface area contributed by atoms with E-state index in [2.05, 4.69) is 15.8 Å². The van der Waals surface area contributed by atoms with Crippen molar-refractivity contribution < 1.29 is 28.6 Å². The summed E-state index contributed by atoms with van der Waals surface area (Å²) in [4.78, 5) is 36.1. The molecule has 3 aromatic rings. The second-order valence-corrected chi connectivity index (χ2v) is 6.80. The van der Waals surface area contributed by atoms with Gasteiger partial charge in [-0.05, 0) is 85.3 Å². The monoisotopic (exact) mass is 461 g/mol. The van der Waals surface area contributed by atoms with E-state index < -0.39 is 17.8 Å². The first-order valence-corrected chi connectivity index (χ1v) is 10.3. The van der Waals surface area contributed by atoms with Gasteiger partial charge in [-0.2, -0.15) is 5.10 Å². The fourth-order valence-corrected chi connectivity index (χ4v) is 2.72. The fourth-order valence-electron chi connectivity index (χ4n) is 2.72. The first-order valence-electron chi connectivity index (χ1n) is 10.3. The van der Waals surface area contributed by atoms with Crippen LogP contribution in [0.25, 0.3) is 0 Å². The van der Waals surface area contributed by atoms with Crippen molar-refractivity contribution in [1.29, 1.82) is 0 Å². The minimum Gasteiger partial charge on any atom is -0.497 e. The summed E-state index contributed by atoms with van der Waals surface area (Å²) in [6.07, 6.45) is 1.36. The summed E-state index contributed by atoms with van der Waals surface area (Å²) in [6, 6.07) is 19.7. The zero-order valence-electron chi connectivity index (χ0n) is 18.6. The molecule has 0 saturated carbocycles. The Balaban J connectivity index is 1.48. The van der Waals surface area contributed by atoms with Crippen LogP contribution in [0.1, 0.15) is 22.8 Å². The van der Waals surface area contributed by atoms with Crippen molar-refractivity contribution in [3.63, 3.8) is 0 Å². The number of nitrogens with zero attached hydrogens (tertiary/aromatic N) is 1. The molecule has 3 rings (SSSR count). The standard InChI is InChI=1S/C25H23N3O6/c1-3-33-21-12-6-18(7-13-21)25(31)34-22-10-4-17(5-11-22)16-26-28-24(30)23(29)27-19-8-14-20(32-2)15-9-19/h4-16H,3H2,1-2H3,(H,27,29)(H,28,30)/b26-16-. The third kappa shape index (κ3) is 6.92. The lowest BCUT2D eigenvalue weighted by Crippen LogP contribution is -2.32. The summed E-state index contributed by atoms with van der Waals surface area (Å²) in [6.45, 7) is 2.42. The SMILES string of the molecule is CCOc1ccc(C(=O)Oc2ccc(/C=N\NC(=O)C(=O)Nc3ccc(OC)cc3)cc2)cc1. The van der Waals surface area contributed by atoms with Crippen molar-refractivity contribution in [2.45, 2.75) is 6.92 Å². The number of hydrazone groups is 1. The van der Waals surface area contributed by atoms with E-state index in [1.54, 1.807) is 72.8 Å². The maximum absolute atomic E-state index is 12.3. The van der Waals surface area contributed by atoms with Crippen molar-refractivity contribution >= 4 is 29.7 Å². The van der Waals surface area contributed by atoms with E-state index in [0.29, 0.717) is 40.7 Å². The zero-order chi connectivity index (χ0) is 24.3. The predicted octanol–water partition coefficient (Wildman–Crippen LogP) is 3.40. The van der Waals surface area contributed by atoms with Crippen molar-refractivity contribution in [2.24, 2.45) is 5.10 Å². The molecule has 0 bridgehead atoms. The van der Waals surface area contributed by atoms with E-state index in [-0.39, 0.29) is 0 Å². The Bertz CT molecular complexity index is 1160. The molecule has 0 aliphatic rings. The van der Waals surface area contributed by atoms with Crippen LogP contribution < -0.4 is 25.0 Å². The van der Waals surface area contributed by atoms with E-state index in [9.17, 15) is 14.4 Å². The molecule has 0 heterocycles. The van der Waals surface area contributed by atoms with E-state index in [1.165, 1.54) is 13.3 Å². The molecular formula is C25H23N3O6. The molecule has 0 aromatic heterocycles. The highest BCUT2D eigenvalue weighted by Gasteiger charge is 2.13. The third-order valence-electron chi connectivity index (χ3n) is 4.43. The minimum atomic E-state index is -0.923. The number of nitrogens with one attached hydrogen (secondary N) is 2. The Morgan fingerprint density at radius 3 is 2.06 bits per heavy atom. The first kappa shape index (κ1) is 24.0. The van der Waals surface area contributed by atoms with E-state index in [4.69, 9.17) is 14.2 Å². The van der Waals surface area contributed by atoms with Crippen molar-refractivity contribution in [3.05, 3.63) is 83.9 Å². The normalized spacial score (nSPS) is 10.4. The Kier molecular flexibility index (Phi) is 8.34. The second kappa shape index (κ2) is 11.8. The van der Waals surface area contributed by atoms with Gasteiger partial charge < -0.3 is 19.5 Å². The van der Waals surface area contributed by atoms with Gasteiger partial charge in [-0.3, -0.25) is 9.59 Å². The van der Waals surface area contributed by atoms with Gasteiger partial charge in [-0.1, -0.05) is 0 Å². The van der Waals surface area contributed by atoms with Crippen LogP contribution in [0.4, 0.5) is 5.69 Å². The predicted molar refractivity (Wildman–Crippen MR) is 126 cm³/mol. The van der Waals surface area contributed by atoms with Gasteiger partial charge in [0.05, 0.1) is 25.5 Å². The number of methoxy groups -OCH3 is 1. The largest absolute Gasteiger partial charge is 0.497 e. The minimum absolute atomic E-state index is 0.346. The second-order valence-electron chi connectivity index (χ2n) is 6.80. The number of amides is 2. The highest BCUT2D eigenvalue weighted by atomic mass is 16.5. The van der Waals surface area contributed by atoms with Gasteiger partial charge in [0.1, 0.15) is 17.2 Å². The van der Waals surface area contributed by atoms with Gasteiger partial charge in [0, 0.05) is 5.69 Å². The van der Waals surface area contributed by atoms with Gasteiger partial charge in [0.2, 0.25) is 0 Å². The Morgan fingerprint density at radius 1 is 0.824 bits per heavy atom. The molecule has 9 nitrogen and oxygen atoms in total. The van der Waals surface area contributed by atoms with Crippen LogP contribution in [0.15, 0.2) is 77.9 Å². The molecule has 0 spiro atoms. The Hall–Kier alpha value is -4.66. The summed E-state index contributed by atoms with van der Waals surface area (Å²) in [5.74, 6) is -0.637. The maximum Gasteiger partial charge on any atom is 0.343 e. The van der Waals surface area contributed by atoms with Crippen LogP contribution in [-0.4, -0.2) is 37.7 Å². The lowest BCUT2D eigenvalue weighted by Gasteiger charge is -2.06. The number of carbonyl (C=O) groups is 3. The average molecular weight is 461 g/mol. The van der Waals surface area contributed by atoms with Gasteiger partial charge >= 0.3 is 17.8 Å². The first-order chi connectivity index (χ1) is 16.5. The molecule has 34 heavy (non-hydrogen) atoms. The highest BCUT2D eigenvalue weighted by Crippen LogP contribution is 2.17. The third-order valence-corrected chi connectivity index (χ3v) is 4.43. The maximum atomic E-state index is 12.3. The summed E-state index contributed by atoms with van der Waals surface area (Å²) in [5, 5.41) is 6.22. The van der Waals surface area contributed by atoms with Crippen LogP contribution in [-0.2, 0) is 9.59 Å². The number of esters is 1. The van der Waals surface area contributed by atoms with Crippen molar-refractivity contribution in [1.82, 2.24) is 5.43 Å². The van der Waals surface area contributed by atoms with Crippen molar-refractivity contribution in [2.75, 3.05) is 19.0 Å². The van der Waals surface area contributed by atoms with Gasteiger partial charge in [0.25, 0.3) is 0 Å². The molecular weight excluding hydrogens is 438 g/mol. The smallest absolute Gasteiger partial charge is 0.343 e. The molecule has 2 amide bonds. The van der Waals surface area contributed by atoms with Crippen molar-refractivity contribution in [3.8, 4) is 17.2 Å². The fraction of sp³-hybridized carbons (Fsp3) is 0.120. The number of rotatable bonds is 8. The van der Waals surface area contributed by atoms with Crippen LogP contribution >= 0.6 is 0 Å². The Labute approximate surface area is 196 Å². The van der Waals surface area contributed by atoms with Crippen LogP contribution in [0, 0.1) is 0 Å². The van der Waals surface area contributed by atoms with E-state index >= 15 is 0 Å². The molecule has 3 aromatic carbocycles. The van der Waals surface area contributed by atoms with Crippen LogP contribution in [0.3, 0.4) is 0 Å². The molecule has 0 aliphatic heterocycles. The summed E-state index contributed by atoms with van der Waals surface area (Å²) < 4.78 is 15.7. The van der Waals surface area contributed by atoms with E-state index in [0.717, 1.165) is 0 Å². The number of ether oxygens (including phenoxy) is 3. The molecule has 0 aliphatic carbocycles. The highest BCUT2D eigenvalue weighted by molar-refractivity contribution is 6.39. The summed E-state index contributed by atoms with van der Waals surface area (Å²) in [7, 11) is 1.53. The van der Waals surface area contributed by atoms with Gasteiger partial charge in [-0.15, -0.1) is 0 Å². The lowest BCUT2D eigenvalue weighted by atomic mass is 10.2. The molecule has 0 unspecified atom stereocenters. The summed E-state index contributed by atoms with van der Waals surface area (Å²) in [5.41, 5.74) is 3.61. The molecule has 0 atom stereocenters. The zero-order valence-corrected chi connectivity index (χ0v) is 18.6. The topological polar surface area (TPSA) is 115 Å². The molecule has 0 fully saturated rings. The lowest BCUT2D eigenvalue weighted by molar-refractivity contribution is -0.136. The van der Waals surface area contributed by atoms with Gasteiger partial charge in [-0.25, -0.2) is 10.2 Å². The number of hydrogen-bond donors (Lipinski definition) is 2. The Morgan fingerprint density at radius 2 is 1.44 bits per heavy atom. The molecule has 0 radical (unpaired) electrons. The number of benzene rings is 3. The van der Waals surface area contributed by atoms with E-state index in [1.807, 2.05) is 6.92 Å². The van der Waals surface area contributed by atoms with Gasteiger partial charge in [0.15, 0.2) is 0 Å². The number of anilines is 1. The quantitative estimate of drug-likeness (QED) is 0.175. The molecule has 2 N–H and O–H groups in total. The average Bonchev–Trinajstić information content (AvgIpc) is 2.86. The summed E-state index contributed by atoms with van der Waals surface area (Å²) >= 11 is 0. The molecule has 9 heteroatoms. The number of carbonyl (C=O) groups excluding carboxylic acids is 3.